The first-order valence-corrected chi connectivity index (χ1v) is 8.52. The number of aromatic nitrogens is 2. The van der Waals surface area contributed by atoms with Crippen LogP contribution in [-0.4, -0.2) is 15.7 Å². The highest BCUT2D eigenvalue weighted by molar-refractivity contribution is 9.10. The minimum Gasteiger partial charge on any atom is -0.345 e. The maximum atomic E-state index is 12.6. The number of hydrogen-bond acceptors (Lipinski definition) is 2. The van der Waals surface area contributed by atoms with Gasteiger partial charge in [-0.15, -0.1) is 0 Å². The van der Waals surface area contributed by atoms with E-state index in [-0.39, 0.29) is 11.9 Å². The van der Waals surface area contributed by atoms with Crippen LogP contribution in [0.4, 0.5) is 0 Å². The van der Waals surface area contributed by atoms with E-state index < -0.39 is 0 Å². The van der Waals surface area contributed by atoms with E-state index in [9.17, 15) is 4.79 Å². The number of nitrogens with one attached hydrogen (secondary N) is 1. The molecule has 24 heavy (non-hydrogen) atoms. The molecule has 1 N–H and O–H groups in total. The molecule has 0 aliphatic heterocycles. The average Bonchev–Trinajstić information content (AvgIpc) is 2.98. The Morgan fingerprint density at radius 2 is 1.79 bits per heavy atom. The number of rotatable bonds is 4. The molecule has 0 saturated carbocycles. The van der Waals surface area contributed by atoms with Crippen molar-refractivity contribution in [3.05, 3.63) is 82.1 Å². The van der Waals surface area contributed by atoms with Gasteiger partial charge in [-0.05, 0) is 43.7 Å². The zero-order valence-corrected chi connectivity index (χ0v) is 15.1. The van der Waals surface area contributed by atoms with E-state index >= 15 is 0 Å². The monoisotopic (exact) mass is 383 g/mol. The van der Waals surface area contributed by atoms with Gasteiger partial charge in [-0.2, -0.15) is 5.10 Å². The van der Waals surface area contributed by atoms with Crippen molar-refractivity contribution in [2.24, 2.45) is 0 Å². The fourth-order valence-corrected chi connectivity index (χ4v) is 2.84. The van der Waals surface area contributed by atoms with Gasteiger partial charge in [0.25, 0.3) is 5.91 Å². The fourth-order valence-electron chi connectivity index (χ4n) is 2.57. The third-order valence-electron chi connectivity index (χ3n) is 3.97. The summed E-state index contributed by atoms with van der Waals surface area (Å²) in [7, 11) is 0. The lowest BCUT2D eigenvalue weighted by Crippen LogP contribution is -2.27. The van der Waals surface area contributed by atoms with E-state index in [2.05, 4.69) is 26.3 Å². The smallest absolute Gasteiger partial charge is 0.255 e. The molecule has 1 heterocycles. The standard InChI is InChI=1S/C19H18BrN3O/c1-13(15-8-10-16(20)11-9-15)22-19(24)18-12-21-23(14(18)2)17-6-4-3-5-7-17/h3-13H,1-2H3,(H,22,24). The molecule has 3 rings (SSSR count). The van der Waals surface area contributed by atoms with Crippen LogP contribution >= 0.6 is 15.9 Å². The van der Waals surface area contributed by atoms with Crippen LogP contribution in [0.5, 0.6) is 0 Å². The molecule has 1 amide bonds. The van der Waals surface area contributed by atoms with Crippen LogP contribution in [0.3, 0.4) is 0 Å². The number of amides is 1. The first-order chi connectivity index (χ1) is 11.6. The normalized spacial score (nSPS) is 12.0. The molecule has 1 unspecified atom stereocenters. The molecule has 1 atom stereocenters. The average molecular weight is 384 g/mol. The Bertz CT molecular complexity index is 841. The lowest BCUT2D eigenvalue weighted by molar-refractivity contribution is 0.0939. The highest BCUT2D eigenvalue weighted by Gasteiger charge is 2.17. The highest BCUT2D eigenvalue weighted by atomic mass is 79.9. The van der Waals surface area contributed by atoms with Crippen LogP contribution in [0.1, 0.15) is 34.6 Å². The third kappa shape index (κ3) is 3.41. The van der Waals surface area contributed by atoms with Crippen molar-refractivity contribution in [3.63, 3.8) is 0 Å². The molecule has 0 aliphatic carbocycles. The van der Waals surface area contributed by atoms with E-state index in [1.165, 1.54) is 0 Å². The number of halogens is 1. The summed E-state index contributed by atoms with van der Waals surface area (Å²) in [6, 6.07) is 17.6. The predicted molar refractivity (Wildman–Crippen MR) is 98.3 cm³/mol. The van der Waals surface area contributed by atoms with E-state index in [0.29, 0.717) is 5.56 Å². The molecular weight excluding hydrogens is 366 g/mol. The fraction of sp³-hybridized carbons (Fsp3) is 0.158. The number of para-hydroxylation sites is 1. The summed E-state index contributed by atoms with van der Waals surface area (Å²) >= 11 is 3.42. The second kappa shape index (κ2) is 7.01. The van der Waals surface area contributed by atoms with Crippen LogP contribution in [0.15, 0.2) is 65.3 Å². The summed E-state index contributed by atoms with van der Waals surface area (Å²) in [5.74, 6) is -0.120. The van der Waals surface area contributed by atoms with Gasteiger partial charge in [0.15, 0.2) is 0 Å². The molecular formula is C19H18BrN3O. The highest BCUT2D eigenvalue weighted by Crippen LogP contribution is 2.18. The summed E-state index contributed by atoms with van der Waals surface area (Å²) in [5, 5.41) is 7.38. The van der Waals surface area contributed by atoms with Gasteiger partial charge < -0.3 is 5.32 Å². The predicted octanol–water partition coefficient (Wildman–Crippen LogP) is 4.43. The molecule has 0 radical (unpaired) electrons. The van der Waals surface area contributed by atoms with Gasteiger partial charge in [0.2, 0.25) is 0 Å². The minimum absolute atomic E-state index is 0.0786. The van der Waals surface area contributed by atoms with Gasteiger partial charge >= 0.3 is 0 Å². The molecule has 0 aliphatic rings. The molecule has 5 heteroatoms. The van der Waals surface area contributed by atoms with Gasteiger partial charge in [-0.3, -0.25) is 4.79 Å². The lowest BCUT2D eigenvalue weighted by Gasteiger charge is -2.14. The Hall–Kier alpha value is -2.40. The van der Waals surface area contributed by atoms with Gasteiger partial charge in [0.05, 0.1) is 29.2 Å². The molecule has 3 aromatic rings. The molecule has 2 aromatic carbocycles. The van der Waals surface area contributed by atoms with Crippen molar-refractivity contribution in [1.82, 2.24) is 15.1 Å². The maximum Gasteiger partial charge on any atom is 0.255 e. The number of carbonyl (C=O) groups is 1. The summed E-state index contributed by atoms with van der Waals surface area (Å²) in [6.45, 7) is 3.87. The zero-order valence-electron chi connectivity index (χ0n) is 13.5. The first kappa shape index (κ1) is 16.5. The van der Waals surface area contributed by atoms with E-state index in [4.69, 9.17) is 0 Å². The van der Waals surface area contributed by atoms with Crippen molar-refractivity contribution < 1.29 is 4.79 Å². The Morgan fingerprint density at radius 1 is 1.12 bits per heavy atom. The van der Waals surface area contributed by atoms with Crippen LogP contribution < -0.4 is 5.32 Å². The van der Waals surface area contributed by atoms with Crippen molar-refractivity contribution in [3.8, 4) is 5.69 Å². The Balaban J connectivity index is 1.78. The number of nitrogens with zero attached hydrogens (tertiary/aromatic N) is 2. The van der Waals surface area contributed by atoms with Crippen LogP contribution in [-0.2, 0) is 0 Å². The SMILES string of the molecule is Cc1c(C(=O)NC(C)c2ccc(Br)cc2)cnn1-c1ccccc1. The van der Waals surface area contributed by atoms with Crippen molar-refractivity contribution in [1.29, 1.82) is 0 Å². The molecule has 0 spiro atoms. The van der Waals surface area contributed by atoms with Crippen molar-refractivity contribution >= 4 is 21.8 Å². The topological polar surface area (TPSA) is 46.9 Å². The van der Waals surface area contributed by atoms with Gasteiger partial charge in [-0.25, -0.2) is 4.68 Å². The number of carbonyl (C=O) groups excluding carboxylic acids is 1. The largest absolute Gasteiger partial charge is 0.345 e. The maximum absolute atomic E-state index is 12.6. The Morgan fingerprint density at radius 3 is 2.46 bits per heavy atom. The zero-order chi connectivity index (χ0) is 17.1. The summed E-state index contributed by atoms with van der Waals surface area (Å²) < 4.78 is 2.80. The summed E-state index contributed by atoms with van der Waals surface area (Å²) in [5.41, 5.74) is 3.40. The quantitative estimate of drug-likeness (QED) is 0.723. The summed E-state index contributed by atoms with van der Waals surface area (Å²) in [6.07, 6.45) is 1.62. The Kier molecular flexibility index (Phi) is 4.81. The molecule has 1 aromatic heterocycles. The second-order valence-corrected chi connectivity index (χ2v) is 6.55. The number of hydrogen-bond donors (Lipinski definition) is 1. The molecule has 0 bridgehead atoms. The molecule has 4 nitrogen and oxygen atoms in total. The second-order valence-electron chi connectivity index (χ2n) is 5.64. The first-order valence-electron chi connectivity index (χ1n) is 7.72. The van der Waals surface area contributed by atoms with Crippen LogP contribution in [0.2, 0.25) is 0 Å². The molecule has 0 saturated heterocycles. The van der Waals surface area contributed by atoms with E-state index in [1.807, 2.05) is 68.4 Å². The third-order valence-corrected chi connectivity index (χ3v) is 4.50. The van der Waals surface area contributed by atoms with Gasteiger partial charge in [0, 0.05) is 4.47 Å². The Labute approximate surface area is 149 Å². The molecule has 122 valence electrons. The van der Waals surface area contributed by atoms with Crippen molar-refractivity contribution in [2.45, 2.75) is 19.9 Å². The summed E-state index contributed by atoms with van der Waals surface area (Å²) in [4.78, 5) is 12.6. The lowest BCUT2D eigenvalue weighted by atomic mass is 10.1. The van der Waals surface area contributed by atoms with Gasteiger partial charge in [-0.1, -0.05) is 46.3 Å². The van der Waals surface area contributed by atoms with Crippen molar-refractivity contribution in [2.75, 3.05) is 0 Å². The van der Waals surface area contributed by atoms with Crippen LogP contribution in [0.25, 0.3) is 5.69 Å². The minimum atomic E-state index is -0.120. The molecule has 0 fully saturated rings. The van der Waals surface area contributed by atoms with Crippen LogP contribution in [0, 0.1) is 6.92 Å². The number of benzene rings is 2. The van der Waals surface area contributed by atoms with E-state index in [0.717, 1.165) is 21.4 Å². The van der Waals surface area contributed by atoms with Gasteiger partial charge in [0.1, 0.15) is 0 Å². The van der Waals surface area contributed by atoms with E-state index in [1.54, 1.807) is 10.9 Å².